The zero-order valence-electron chi connectivity index (χ0n) is 9.76. The Hall–Kier alpha value is -1.16. The van der Waals surface area contributed by atoms with Crippen LogP contribution in [0.15, 0.2) is 11.4 Å². The Morgan fingerprint density at radius 2 is 2.05 bits per heavy atom. The first-order valence-corrected chi connectivity index (χ1v) is 7.35. The number of nitrogens with one attached hydrogen (secondary N) is 1. The van der Waals surface area contributed by atoms with Gasteiger partial charge in [-0.2, -0.15) is 0 Å². The zero-order chi connectivity index (χ0) is 14.4. The summed E-state index contributed by atoms with van der Waals surface area (Å²) in [4.78, 5) is 33.1. The standard InChI is InChI=1S/C11H12INO5S/c12-8-4-6(5-19-8)10(16)13-7(11(17)18)2-1-3-9(14)15/h4-5,7H,1-3H2,(H,13,16)(H,14,15)(H,17,18)/t7-/m1/s1. The topological polar surface area (TPSA) is 104 Å². The maximum atomic E-state index is 11.8. The number of aliphatic carboxylic acids is 2. The van der Waals surface area contributed by atoms with Gasteiger partial charge in [-0.05, 0) is 41.5 Å². The van der Waals surface area contributed by atoms with E-state index in [0.717, 1.165) is 2.88 Å². The summed E-state index contributed by atoms with van der Waals surface area (Å²) in [6, 6.07) is 0.598. The van der Waals surface area contributed by atoms with Crippen molar-refractivity contribution in [3.63, 3.8) is 0 Å². The van der Waals surface area contributed by atoms with Crippen molar-refractivity contribution >= 4 is 51.8 Å². The molecule has 0 radical (unpaired) electrons. The molecule has 0 aromatic carbocycles. The first-order valence-electron chi connectivity index (χ1n) is 5.39. The first kappa shape index (κ1) is 15.9. The first-order chi connectivity index (χ1) is 8.90. The average Bonchev–Trinajstić information content (AvgIpc) is 2.73. The molecule has 0 aliphatic heterocycles. The lowest BCUT2D eigenvalue weighted by molar-refractivity contribution is -0.140. The highest BCUT2D eigenvalue weighted by atomic mass is 127. The van der Waals surface area contributed by atoms with Crippen molar-refractivity contribution in [3.05, 3.63) is 19.9 Å². The van der Waals surface area contributed by atoms with Crippen molar-refractivity contribution in [2.75, 3.05) is 0 Å². The zero-order valence-corrected chi connectivity index (χ0v) is 12.7. The van der Waals surface area contributed by atoms with Crippen molar-refractivity contribution in [3.8, 4) is 0 Å². The van der Waals surface area contributed by atoms with E-state index in [1.807, 2.05) is 0 Å². The summed E-state index contributed by atoms with van der Waals surface area (Å²) >= 11 is 3.46. The lowest BCUT2D eigenvalue weighted by atomic mass is 10.1. The van der Waals surface area contributed by atoms with Gasteiger partial charge in [0.1, 0.15) is 6.04 Å². The van der Waals surface area contributed by atoms with E-state index in [-0.39, 0.29) is 19.3 Å². The van der Waals surface area contributed by atoms with E-state index in [1.54, 1.807) is 11.4 Å². The fraction of sp³-hybridized carbons (Fsp3) is 0.364. The summed E-state index contributed by atoms with van der Waals surface area (Å²) in [6.07, 6.45) is 0.179. The molecular weight excluding hydrogens is 385 g/mol. The van der Waals surface area contributed by atoms with Gasteiger partial charge < -0.3 is 15.5 Å². The minimum atomic E-state index is -1.16. The number of carboxylic acids is 2. The van der Waals surface area contributed by atoms with Crippen molar-refractivity contribution in [2.24, 2.45) is 0 Å². The number of carboxylic acid groups (broad SMARTS) is 2. The Labute approximate surface area is 127 Å². The summed E-state index contributed by atoms with van der Waals surface area (Å²) < 4.78 is 0.931. The molecule has 1 atom stereocenters. The molecule has 1 rings (SSSR count). The average molecular weight is 397 g/mol. The predicted molar refractivity (Wildman–Crippen MR) is 77.4 cm³/mol. The van der Waals surface area contributed by atoms with Crippen LogP contribution in [-0.2, 0) is 9.59 Å². The maximum absolute atomic E-state index is 11.8. The Morgan fingerprint density at radius 1 is 1.37 bits per heavy atom. The smallest absolute Gasteiger partial charge is 0.326 e. The van der Waals surface area contributed by atoms with Crippen molar-refractivity contribution < 1.29 is 24.6 Å². The summed E-state index contributed by atoms with van der Waals surface area (Å²) in [5.74, 6) is -2.60. The number of carbonyl (C=O) groups excluding carboxylic acids is 1. The number of rotatable bonds is 7. The summed E-state index contributed by atoms with van der Waals surface area (Å²) in [5.41, 5.74) is 0.416. The molecule has 0 saturated heterocycles. The summed E-state index contributed by atoms with van der Waals surface area (Å²) in [6.45, 7) is 0. The van der Waals surface area contributed by atoms with Crippen molar-refractivity contribution in [1.29, 1.82) is 0 Å². The highest BCUT2D eigenvalue weighted by Crippen LogP contribution is 2.16. The molecule has 1 aromatic rings. The minimum absolute atomic E-state index is 0.0919. The van der Waals surface area contributed by atoms with E-state index < -0.39 is 23.9 Å². The van der Waals surface area contributed by atoms with Gasteiger partial charge in [-0.25, -0.2) is 4.79 Å². The van der Waals surface area contributed by atoms with Crippen LogP contribution in [0.5, 0.6) is 0 Å². The number of amides is 1. The molecule has 0 spiro atoms. The van der Waals surface area contributed by atoms with Gasteiger partial charge in [-0.3, -0.25) is 9.59 Å². The van der Waals surface area contributed by atoms with Gasteiger partial charge in [0.25, 0.3) is 5.91 Å². The van der Waals surface area contributed by atoms with Crippen molar-refractivity contribution in [1.82, 2.24) is 5.32 Å². The van der Waals surface area contributed by atoms with E-state index in [9.17, 15) is 14.4 Å². The van der Waals surface area contributed by atoms with Crippen LogP contribution < -0.4 is 5.32 Å². The molecule has 0 saturated carbocycles. The Morgan fingerprint density at radius 3 is 2.53 bits per heavy atom. The minimum Gasteiger partial charge on any atom is -0.481 e. The van der Waals surface area contributed by atoms with Gasteiger partial charge in [-0.1, -0.05) is 0 Å². The van der Waals surface area contributed by atoms with Crippen LogP contribution in [0.25, 0.3) is 0 Å². The normalized spacial score (nSPS) is 11.8. The largest absolute Gasteiger partial charge is 0.481 e. The number of halogens is 1. The second-order valence-electron chi connectivity index (χ2n) is 3.79. The van der Waals surface area contributed by atoms with Gasteiger partial charge in [0.2, 0.25) is 0 Å². The Balaban J connectivity index is 2.55. The quantitative estimate of drug-likeness (QED) is 0.609. The number of carbonyl (C=O) groups is 3. The lowest BCUT2D eigenvalue weighted by Crippen LogP contribution is -2.40. The summed E-state index contributed by atoms with van der Waals surface area (Å²) in [7, 11) is 0. The highest BCUT2D eigenvalue weighted by Gasteiger charge is 2.21. The van der Waals surface area contributed by atoms with E-state index in [1.165, 1.54) is 11.3 Å². The second kappa shape index (κ2) is 7.43. The van der Waals surface area contributed by atoms with Gasteiger partial charge in [-0.15, -0.1) is 11.3 Å². The highest BCUT2D eigenvalue weighted by molar-refractivity contribution is 14.1. The van der Waals surface area contributed by atoms with Crippen LogP contribution in [0.3, 0.4) is 0 Å². The number of thiophene rings is 1. The fourth-order valence-corrected chi connectivity index (χ4v) is 2.71. The van der Waals surface area contributed by atoms with E-state index in [4.69, 9.17) is 10.2 Å². The monoisotopic (exact) mass is 397 g/mol. The van der Waals surface area contributed by atoms with E-state index >= 15 is 0 Å². The summed E-state index contributed by atoms with van der Waals surface area (Å²) in [5, 5.41) is 21.5. The molecule has 0 aliphatic carbocycles. The molecule has 1 amide bonds. The maximum Gasteiger partial charge on any atom is 0.326 e. The van der Waals surface area contributed by atoms with E-state index in [2.05, 4.69) is 27.9 Å². The van der Waals surface area contributed by atoms with Crippen molar-refractivity contribution in [2.45, 2.75) is 25.3 Å². The van der Waals surface area contributed by atoms with Gasteiger partial charge >= 0.3 is 11.9 Å². The molecule has 19 heavy (non-hydrogen) atoms. The van der Waals surface area contributed by atoms with Crippen LogP contribution in [0.2, 0.25) is 0 Å². The van der Waals surface area contributed by atoms with Crippen LogP contribution in [0.4, 0.5) is 0 Å². The molecule has 1 aromatic heterocycles. The molecule has 6 nitrogen and oxygen atoms in total. The molecule has 104 valence electrons. The van der Waals surface area contributed by atoms with Gasteiger partial charge in [0, 0.05) is 11.8 Å². The molecule has 3 N–H and O–H groups in total. The predicted octanol–water partition coefficient (Wildman–Crippen LogP) is 1.79. The van der Waals surface area contributed by atoms with Gasteiger partial charge in [0.05, 0.1) is 8.45 Å². The number of hydrogen-bond acceptors (Lipinski definition) is 4. The molecule has 8 heteroatoms. The molecular formula is C11H12INO5S. The van der Waals surface area contributed by atoms with Crippen LogP contribution >= 0.6 is 33.9 Å². The third kappa shape index (κ3) is 5.55. The molecule has 0 unspecified atom stereocenters. The third-order valence-corrected chi connectivity index (χ3v) is 4.11. The fourth-order valence-electron chi connectivity index (χ4n) is 1.39. The Bertz CT molecular complexity index is 487. The lowest BCUT2D eigenvalue weighted by Gasteiger charge is -2.13. The molecule has 0 aliphatic rings. The SMILES string of the molecule is O=C(O)CCC[C@@H](NC(=O)c1csc(I)c1)C(=O)O. The van der Waals surface area contributed by atoms with Crippen LogP contribution in [0, 0.1) is 2.88 Å². The van der Waals surface area contributed by atoms with E-state index in [0.29, 0.717) is 5.56 Å². The van der Waals surface area contributed by atoms with Gasteiger partial charge in [0.15, 0.2) is 0 Å². The van der Waals surface area contributed by atoms with Crippen LogP contribution in [0.1, 0.15) is 29.6 Å². The Kier molecular flexibility index (Phi) is 6.22. The molecule has 0 bridgehead atoms. The van der Waals surface area contributed by atoms with Crippen LogP contribution in [-0.4, -0.2) is 34.1 Å². The third-order valence-electron chi connectivity index (χ3n) is 2.32. The molecule has 1 heterocycles. The second-order valence-corrected chi connectivity index (χ2v) is 6.60. The molecule has 0 fully saturated rings. The number of hydrogen-bond donors (Lipinski definition) is 3.